The summed E-state index contributed by atoms with van der Waals surface area (Å²) >= 11 is 0. The molecule has 3 heterocycles. The van der Waals surface area contributed by atoms with Gasteiger partial charge in [-0.25, -0.2) is 0 Å². The van der Waals surface area contributed by atoms with Gasteiger partial charge in [-0.15, -0.1) is 0 Å². The Morgan fingerprint density at radius 2 is 1.37 bits per heavy atom. The minimum atomic E-state index is 0.365. The Balaban J connectivity index is 1.72. The average molecular weight is 388 g/mol. The van der Waals surface area contributed by atoms with Crippen LogP contribution in [-0.4, -0.2) is 10.6 Å². The highest BCUT2D eigenvalue weighted by atomic mass is 16.3. The molecule has 2 aromatic heterocycles. The molecular formula is C27H20N2O. The summed E-state index contributed by atoms with van der Waals surface area (Å²) in [7, 11) is 0. The van der Waals surface area contributed by atoms with E-state index >= 15 is 0 Å². The Labute approximate surface area is 173 Å². The minimum absolute atomic E-state index is 0.365. The molecule has 7 rings (SSSR count). The van der Waals surface area contributed by atoms with Gasteiger partial charge >= 0.3 is 0 Å². The number of furan rings is 1. The molecule has 3 heteroatoms. The van der Waals surface area contributed by atoms with Crippen LogP contribution in [-0.2, 0) is 0 Å². The van der Waals surface area contributed by atoms with Crippen molar-refractivity contribution in [3.63, 3.8) is 0 Å². The van der Waals surface area contributed by atoms with E-state index in [1.807, 2.05) is 12.1 Å². The molecular weight excluding hydrogens is 368 g/mol. The maximum atomic E-state index is 6.23. The molecule has 4 aromatic carbocycles. The average Bonchev–Trinajstić information content (AvgIpc) is 3.29. The number of rotatable bonds is 1. The van der Waals surface area contributed by atoms with Gasteiger partial charge in [0.15, 0.2) is 0 Å². The Kier molecular flexibility index (Phi) is 2.93. The third kappa shape index (κ3) is 1.85. The monoisotopic (exact) mass is 388 g/mol. The highest BCUT2D eigenvalue weighted by Crippen LogP contribution is 2.48. The van der Waals surface area contributed by atoms with E-state index in [1.54, 1.807) is 0 Å². The van der Waals surface area contributed by atoms with E-state index in [1.165, 1.54) is 49.6 Å². The molecule has 6 aromatic rings. The van der Waals surface area contributed by atoms with Crippen LogP contribution in [0.15, 0.2) is 83.3 Å². The van der Waals surface area contributed by atoms with Gasteiger partial charge in [0, 0.05) is 33.7 Å². The summed E-state index contributed by atoms with van der Waals surface area (Å²) in [5.74, 6) is 0. The van der Waals surface area contributed by atoms with E-state index in [4.69, 9.17) is 4.42 Å². The fraction of sp³-hybridized carbons (Fsp3) is 0.111. The zero-order valence-corrected chi connectivity index (χ0v) is 16.9. The topological polar surface area (TPSA) is 21.3 Å². The normalized spacial score (nSPS) is 13.2. The van der Waals surface area contributed by atoms with Crippen LogP contribution in [0.4, 0.5) is 11.4 Å². The molecule has 1 aliphatic heterocycles. The van der Waals surface area contributed by atoms with Crippen molar-refractivity contribution in [2.24, 2.45) is 0 Å². The molecule has 0 saturated carbocycles. The fourth-order valence-corrected chi connectivity index (χ4v) is 5.25. The van der Waals surface area contributed by atoms with Crippen molar-refractivity contribution in [2.75, 3.05) is 4.90 Å². The molecule has 0 bridgehead atoms. The van der Waals surface area contributed by atoms with Crippen LogP contribution in [0.3, 0.4) is 0 Å². The summed E-state index contributed by atoms with van der Waals surface area (Å²) < 4.78 is 8.65. The maximum Gasteiger partial charge on any atom is 0.137 e. The van der Waals surface area contributed by atoms with Gasteiger partial charge < -0.3 is 13.9 Å². The van der Waals surface area contributed by atoms with Crippen LogP contribution in [0, 0.1) is 0 Å². The molecule has 1 aliphatic rings. The standard InChI is InChI=1S/C27H20N2O/c1-16(2)28-21-10-4-5-11-22(21)29-24-15-26-20(17-8-3-6-13-25(17)30-26)14-19(24)18-9-7-12-23(28)27(18)29/h3-16H,1-2H3. The van der Waals surface area contributed by atoms with Crippen LogP contribution in [0.1, 0.15) is 13.8 Å². The first-order valence-corrected chi connectivity index (χ1v) is 10.5. The van der Waals surface area contributed by atoms with E-state index in [0.717, 1.165) is 11.2 Å². The van der Waals surface area contributed by atoms with Gasteiger partial charge in [0.25, 0.3) is 0 Å². The summed E-state index contributed by atoms with van der Waals surface area (Å²) in [5.41, 5.74) is 8.08. The maximum absolute atomic E-state index is 6.23. The van der Waals surface area contributed by atoms with Crippen molar-refractivity contribution < 1.29 is 4.42 Å². The molecule has 0 fully saturated rings. The second-order valence-electron chi connectivity index (χ2n) is 8.42. The molecule has 144 valence electrons. The number of hydrogen-bond acceptors (Lipinski definition) is 2. The molecule has 0 amide bonds. The van der Waals surface area contributed by atoms with Crippen molar-refractivity contribution >= 4 is 55.1 Å². The molecule has 30 heavy (non-hydrogen) atoms. The smallest absolute Gasteiger partial charge is 0.137 e. The molecule has 0 radical (unpaired) electrons. The summed E-state index contributed by atoms with van der Waals surface area (Å²) in [6.45, 7) is 4.51. The van der Waals surface area contributed by atoms with Gasteiger partial charge in [0.05, 0.1) is 28.1 Å². The Morgan fingerprint density at radius 1 is 0.633 bits per heavy atom. The summed E-state index contributed by atoms with van der Waals surface area (Å²) in [4.78, 5) is 2.45. The highest BCUT2D eigenvalue weighted by Gasteiger charge is 2.28. The lowest BCUT2D eigenvalue weighted by Crippen LogP contribution is -2.29. The Hall–Kier alpha value is -3.72. The zero-order chi connectivity index (χ0) is 20.0. The van der Waals surface area contributed by atoms with Gasteiger partial charge in [-0.1, -0.05) is 42.5 Å². The zero-order valence-electron chi connectivity index (χ0n) is 16.9. The quantitative estimate of drug-likeness (QED) is 0.290. The lowest BCUT2D eigenvalue weighted by Gasteiger charge is -2.35. The first kappa shape index (κ1) is 16.1. The van der Waals surface area contributed by atoms with Gasteiger partial charge in [0.2, 0.25) is 0 Å². The highest BCUT2D eigenvalue weighted by molar-refractivity contribution is 6.20. The van der Waals surface area contributed by atoms with E-state index in [2.05, 4.69) is 90.0 Å². The minimum Gasteiger partial charge on any atom is -0.456 e. The van der Waals surface area contributed by atoms with E-state index in [9.17, 15) is 0 Å². The van der Waals surface area contributed by atoms with Crippen LogP contribution in [0.25, 0.3) is 49.4 Å². The third-order valence-corrected chi connectivity index (χ3v) is 6.42. The van der Waals surface area contributed by atoms with Crippen molar-refractivity contribution in [2.45, 2.75) is 19.9 Å². The van der Waals surface area contributed by atoms with Crippen LogP contribution in [0.5, 0.6) is 0 Å². The van der Waals surface area contributed by atoms with Crippen molar-refractivity contribution in [1.82, 2.24) is 4.57 Å². The van der Waals surface area contributed by atoms with Gasteiger partial charge in [-0.2, -0.15) is 0 Å². The number of nitrogens with zero attached hydrogens (tertiary/aromatic N) is 2. The number of hydrogen-bond donors (Lipinski definition) is 0. The van der Waals surface area contributed by atoms with Crippen molar-refractivity contribution in [3.8, 4) is 5.69 Å². The van der Waals surface area contributed by atoms with Crippen molar-refractivity contribution in [3.05, 3.63) is 78.9 Å². The first-order valence-electron chi connectivity index (χ1n) is 10.5. The van der Waals surface area contributed by atoms with Crippen molar-refractivity contribution in [1.29, 1.82) is 0 Å². The summed E-state index contributed by atoms with van der Waals surface area (Å²) in [5, 5.41) is 4.91. The first-order chi connectivity index (χ1) is 14.7. The Morgan fingerprint density at radius 3 is 2.23 bits per heavy atom. The van der Waals surface area contributed by atoms with Gasteiger partial charge in [-0.05, 0) is 44.2 Å². The number of fused-ring (bicyclic) bond motifs is 8. The van der Waals surface area contributed by atoms with Crippen LogP contribution < -0.4 is 4.90 Å². The molecule has 3 nitrogen and oxygen atoms in total. The number of aromatic nitrogens is 1. The number of benzene rings is 4. The largest absolute Gasteiger partial charge is 0.456 e. The second kappa shape index (κ2) is 5.45. The molecule has 0 unspecified atom stereocenters. The molecule has 0 N–H and O–H groups in total. The third-order valence-electron chi connectivity index (χ3n) is 6.42. The van der Waals surface area contributed by atoms with E-state index in [0.29, 0.717) is 6.04 Å². The predicted molar refractivity (Wildman–Crippen MR) is 125 cm³/mol. The van der Waals surface area contributed by atoms with E-state index in [-0.39, 0.29) is 0 Å². The lowest BCUT2D eigenvalue weighted by atomic mass is 10.1. The van der Waals surface area contributed by atoms with Gasteiger partial charge in [0.1, 0.15) is 11.2 Å². The summed E-state index contributed by atoms with van der Waals surface area (Å²) in [6, 6.07) is 28.6. The lowest BCUT2D eigenvalue weighted by molar-refractivity contribution is 0.669. The molecule has 0 atom stereocenters. The summed E-state index contributed by atoms with van der Waals surface area (Å²) in [6.07, 6.45) is 0. The Bertz CT molecular complexity index is 1630. The second-order valence-corrected chi connectivity index (χ2v) is 8.42. The fourth-order valence-electron chi connectivity index (χ4n) is 5.25. The molecule has 0 saturated heterocycles. The van der Waals surface area contributed by atoms with Crippen LogP contribution >= 0.6 is 0 Å². The SMILES string of the molecule is CC(C)N1c2ccccc2-n2c3cc4oc5ccccc5c4cc3c3cccc1c32. The molecule has 0 aliphatic carbocycles. The number of para-hydroxylation sites is 4. The van der Waals surface area contributed by atoms with Crippen LogP contribution in [0.2, 0.25) is 0 Å². The predicted octanol–water partition coefficient (Wildman–Crippen LogP) is 7.54. The molecule has 0 spiro atoms. The van der Waals surface area contributed by atoms with E-state index < -0.39 is 0 Å². The van der Waals surface area contributed by atoms with Gasteiger partial charge in [-0.3, -0.25) is 0 Å². The number of anilines is 2.